The van der Waals surface area contributed by atoms with Crippen LogP contribution in [0.5, 0.6) is 0 Å². The molecule has 2 aromatic carbocycles. The molecule has 0 aliphatic heterocycles. The van der Waals surface area contributed by atoms with Crippen LogP contribution in [-0.2, 0) is 24.2 Å². The zero-order valence-electron chi connectivity index (χ0n) is 14.4. The van der Waals surface area contributed by atoms with E-state index in [-0.39, 0.29) is 11.8 Å². The van der Waals surface area contributed by atoms with Gasteiger partial charge in [0.1, 0.15) is 0 Å². The molecule has 4 rings (SSSR count). The van der Waals surface area contributed by atoms with Crippen LogP contribution in [0.4, 0.5) is 0 Å². The van der Waals surface area contributed by atoms with Crippen LogP contribution >= 0.6 is 0 Å². The van der Waals surface area contributed by atoms with Crippen molar-refractivity contribution < 1.29 is 4.79 Å². The molecule has 1 saturated carbocycles. The van der Waals surface area contributed by atoms with E-state index in [2.05, 4.69) is 70.7 Å². The maximum Gasteiger partial charge on any atom is 0.223 e. The third kappa shape index (κ3) is 3.76. The molecule has 1 aliphatic carbocycles. The summed E-state index contributed by atoms with van der Waals surface area (Å²) in [5.74, 6) is 0.514. The Bertz CT molecular complexity index is 862. The monoisotopic (exact) mass is 332 g/mol. The fraction of sp³-hybridized carbons (Fsp3) is 0.318. The molecule has 3 heteroatoms. The Balaban J connectivity index is 1.46. The Morgan fingerprint density at radius 3 is 2.56 bits per heavy atom. The maximum atomic E-state index is 11.8. The number of carbonyl (C=O) groups is 1. The zero-order valence-corrected chi connectivity index (χ0v) is 14.4. The maximum absolute atomic E-state index is 11.8. The van der Waals surface area contributed by atoms with Crippen LogP contribution < -0.4 is 5.32 Å². The van der Waals surface area contributed by atoms with Crippen LogP contribution in [0.25, 0.3) is 10.9 Å². The number of fused-ring (bicyclic) bond motifs is 1. The van der Waals surface area contributed by atoms with Gasteiger partial charge in [0.25, 0.3) is 0 Å². The molecular weight excluding hydrogens is 308 g/mol. The number of nitrogens with zero attached hydrogens (tertiary/aromatic N) is 1. The molecule has 0 saturated heterocycles. The highest BCUT2D eigenvalue weighted by Gasteiger charge is 2.29. The van der Waals surface area contributed by atoms with Crippen LogP contribution in [-0.4, -0.2) is 17.0 Å². The van der Waals surface area contributed by atoms with Gasteiger partial charge in [-0.3, -0.25) is 4.79 Å². The molecule has 0 bridgehead atoms. The first kappa shape index (κ1) is 15.9. The van der Waals surface area contributed by atoms with Gasteiger partial charge in [0.05, 0.1) is 0 Å². The predicted molar refractivity (Wildman–Crippen MR) is 102 cm³/mol. The fourth-order valence-corrected chi connectivity index (χ4v) is 3.41. The van der Waals surface area contributed by atoms with Crippen LogP contribution in [0, 0.1) is 5.92 Å². The lowest BCUT2D eigenvalue weighted by Crippen LogP contribution is -2.26. The van der Waals surface area contributed by atoms with Gasteiger partial charge in [-0.15, -0.1) is 0 Å². The van der Waals surface area contributed by atoms with Gasteiger partial charge in [-0.05, 0) is 42.9 Å². The van der Waals surface area contributed by atoms with Crippen molar-refractivity contribution in [1.82, 2.24) is 9.88 Å². The lowest BCUT2D eigenvalue weighted by Gasteiger charge is -2.05. The van der Waals surface area contributed by atoms with E-state index < -0.39 is 0 Å². The van der Waals surface area contributed by atoms with Gasteiger partial charge in [-0.2, -0.15) is 0 Å². The van der Waals surface area contributed by atoms with E-state index in [1.165, 1.54) is 22.0 Å². The summed E-state index contributed by atoms with van der Waals surface area (Å²) < 4.78 is 2.35. The Hall–Kier alpha value is -2.55. The highest BCUT2D eigenvalue weighted by Crippen LogP contribution is 2.28. The SMILES string of the molecule is O=C(NCCc1cn(CCc2ccccc2)c2ccccc12)C1CC1. The standard InChI is InChI=1S/C22H24N2O/c25-22(18-10-11-18)23-14-12-19-16-24(21-9-5-4-8-20(19)21)15-13-17-6-2-1-3-7-17/h1-9,16,18H,10-15H2,(H,23,25). The van der Waals surface area contributed by atoms with Crippen LogP contribution in [0.15, 0.2) is 60.8 Å². The van der Waals surface area contributed by atoms with Crippen molar-refractivity contribution in [3.63, 3.8) is 0 Å². The van der Waals surface area contributed by atoms with Crippen molar-refractivity contribution in [2.75, 3.05) is 6.54 Å². The number of carbonyl (C=O) groups excluding carboxylic acids is 1. The molecule has 0 spiro atoms. The van der Waals surface area contributed by atoms with Gasteiger partial charge < -0.3 is 9.88 Å². The number of aryl methyl sites for hydroxylation is 2. The van der Waals surface area contributed by atoms with Gasteiger partial charge in [-0.1, -0.05) is 48.5 Å². The number of para-hydroxylation sites is 1. The topological polar surface area (TPSA) is 34.0 Å². The Labute approximate surface area is 148 Å². The minimum absolute atomic E-state index is 0.229. The van der Waals surface area contributed by atoms with Crippen molar-refractivity contribution in [3.8, 4) is 0 Å². The van der Waals surface area contributed by atoms with E-state index >= 15 is 0 Å². The molecule has 1 heterocycles. The van der Waals surface area contributed by atoms with Gasteiger partial charge in [0, 0.05) is 36.1 Å². The second-order valence-corrected chi connectivity index (χ2v) is 6.92. The van der Waals surface area contributed by atoms with Crippen LogP contribution in [0.1, 0.15) is 24.0 Å². The molecule has 1 aromatic heterocycles. The van der Waals surface area contributed by atoms with Gasteiger partial charge >= 0.3 is 0 Å². The molecule has 1 amide bonds. The molecule has 0 radical (unpaired) electrons. The molecule has 1 aliphatic rings. The quantitative estimate of drug-likeness (QED) is 0.698. The normalized spacial score (nSPS) is 13.9. The lowest BCUT2D eigenvalue weighted by molar-refractivity contribution is -0.122. The van der Waals surface area contributed by atoms with Crippen molar-refractivity contribution in [1.29, 1.82) is 0 Å². The minimum Gasteiger partial charge on any atom is -0.356 e. The van der Waals surface area contributed by atoms with Crippen molar-refractivity contribution in [2.45, 2.75) is 32.2 Å². The van der Waals surface area contributed by atoms with Gasteiger partial charge in [-0.25, -0.2) is 0 Å². The molecule has 1 fully saturated rings. The van der Waals surface area contributed by atoms with Crippen molar-refractivity contribution in [3.05, 3.63) is 71.9 Å². The number of nitrogens with one attached hydrogen (secondary N) is 1. The number of aromatic nitrogens is 1. The lowest BCUT2D eigenvalue weighted by atomic mass is 10.1. The second-order valence-electron chi connectivity index (χ2n) is 6.92. The first-order chi connectivity index (χ1) is 12.3. The summed E-state index contributed by atoms with van der Waals surface area (Å²) in [6, 6.07) is 19.2. The van der Waals surface area contributed by atoms with Gasteiger partial charge in [0.15, 0.2) is 0 Å². The molecule has 3 aromatic rings. The third-order valence-electron chi connectivity index (χ3n) is 5.00. The highest BCUT2D eigenvalue weighted by atomic mass is 16.2. The number of hydrogen-bond donors (Lipinski definition) is 1. The summed E-state index contributed by atoms with van der Waals surface area (Å²) in [5, 5.41) is 4.38. The smallest absolute Gasteiger partial charge is 0.223 e. The first-order valence-electron chi connectivity index (χ1n) is 9.19. The van der Waals surface area contributed by atoms with Crippen molar-refractivity contribution in [2.24, 2.45) is 5.92 Å². The highest BCUT2D eigenvalue weighted by molar-refractivity contribution is 5.84. The molecule has 25 heavy (non-hydrogen) atoms. The summed E-state index contributed by atoms with van der Waals surface area (Å²) >= 11 is 0. The summed E-state index contributed by atoms with van der Waals surface area (Å²) in [6.45, 7) is 1.70. The van der Waals surface area contributed by atoms with E-state index in [1.54, 1.807) is 0 Å². The summed E-state index contributed by atoms with van der Waals surface area (Å²) in [7, 11) is 0. The van der Waals surface area contributed by atoms with E-state index in [9.17, 15) is 4.79 Å². The predicted octanol–water partition coefficient (Wildman–Crippen LogP) is 3.95. The fourth-order valence-electron chi connectivity index (χ4n) is 3.41. The number of amides is 1. The Morgan fingerprint density at radius 2 is 1.76 bits per heavy atom. The third-order valence-corrected chi connectivity index (χ3v) is 5.00. The first-order valence-corrected chi connectivity index (χ1v) is 9.19. The number of rotatable bonds is 7. The minimum atomic E-state index is 0.229. The van der Waals surface area contributed by atoms with E-state index in [0.717, 1.165) is 38.8 Å². The second kappa shape index (κ2) is 7.14. The Morgan fingerprint density at radius 1 is 1.00 bits per heavy atom. The van der Waals surface area contributed by atoms with Crippen LogP contribution in [0.2, 0.25) is 0 Å². The summed E-state index contributed by atoms with van der Waals surface area (Å²) in [5.41, 5.74) is 3.96. The molecule has 0 unspecified atom stereocenters. The molecule has 0 atom stereocenters. The average molecular weight is 332 g/mol. The molecule has 128 valence electrons. The average Bonchev–Trinajstić information content (AvgIpc) is 3.45. The summed E-state index contributed by atoms with van der Waals surface area (Å²) in [4.78, 5) is 11.8. The van der Waals surface area contributed by atoms with E-state index in [1.807, 2.05) is 0 Å². The van der Waals surface area contributed by atoms with Crippen molar-refractivity contribution >= 4 is 16.8 Å². The molecule has 1 N–H and O–H groups in total. The van der Waals surface area contributed by atoms with Crippen LogP contribution in [0.3, 0.4) is 0 Å². The number of hydrogen-bond acceptors (Lipinski definition) is 1. The summed E-state index contributed by atoms with van der Waals surface area (Å²) in [6.07, 6.45) is 6.29. The van der Waals surface area contributed by atoms with E-state index in [0.29, 0.717) is 0 Å². The molecular formula is C22H24N2O. The van der Waals surface area contributed by atoms with Gasteiger partial charge in [0.2, 0.25) is 5.91 Å². The number of benzene rings is 2. The largest absolute Gasteiger partial charge is 0.356 e. The Kier molecular flexibility index (Phi) is 4.55. The molecule has 3 nitrogen and oxygen atoms in total. The zero-order chi connectivity index (χ0) is 17.1. The van der Waals surface area contributed by atoms with E-state index in [4.69, 9.17) is 0 Å².